The maximum Gasteiger partial charge on any atom is 0.0784 e. The second kappa shape index (κ2) is 10.4. The fourth-order valence-electron chi connectivity index (χ4n) is 0.0962. The van der Waals surface area contributed by atoms with Gasteiger partial charge >= 0.3 is 0 Å². The van der Waals surface area contributed by atoms with Gasteiger partial charge in [0.05, 0.1) is 6.10 Å². The van der Waals surface area contributed by atoms with Gasteiger partial charge in [-0.3, -0.25) is 0 Å². The van der Waals surface area contributed by atoms with Gasteiger partial charge in [-0.25, -0.2) is 0 Å². The van der Waals surface area contributed by atoms with Crippen molar-refractivity contribution >= 4 is 24.8 Å². The van der Waals surface area contributed by atoms with Crippen LogP contribution in [0.2, 0.25) is 0 Å². The summed E-state index contributed by atoms with van der Waals surface area (Å²) in [5.74, 6) is 0. The molecule has 0 saturated carbocycles. The Hall–Kier alpha value is 0.460. The van der Waals surface area contributed by atoms with Crippen LogP contribution in [0.5, 0.6) is 0 Å². The Morgan fingerprint density at radius 1 is 1.12 bits per heavy atom. The largest absolute Gasteiger partial charge is 0.390 e. The fraction of sp³-hybridized carbons (Fsp3) is 1.00. The molecular weight excluding hydrogens is 151 g/mol. The highest BCUT2D eigenvalue weighted by molar-refractivity contribution is 5.85. The van der Waals surface area contributed by atoms with Crippen molar-refractivity contribution in [1.82, 2.24) is 0 Å². The summed E-state index contributed by atoms with van der Waals surface area (Å²) in [4.78, 5) is 0. The molecule has 5 heteroatoms. The lowest BCUT2D eigenvalue weighted by Crippen LogP contribution is -2.27. The topological polar surface area (TPSA) is 72.3 Å². The number of hydrogen-bond donors (Lipinski definition) is 3. The molecule has 0 saturated heterocycles. The van der Waals surface area contributed by atoms with Gasteiger partial charge in [0.15, 0.2) is 0 Å². The van der Waals surface area contributed by atoms with Crippen LogP contribution >= 0.6 is 24.8 Å². The maximum atomic E-state index is 8.42. The van der Waals surface area contributed by atoms with Gasteiger partial charge < -0.3 is 16.6 Å². The van der Waals surface area contributed by atoms with Crippen molar-refractivity contribution in [1.29, 1.82) is 0 Å². The van der Waals surface area contributed by atoms with Gasteiger partial charge in [-0.2, -0.15) is 0 Å². The number of nitrogens with two attached hydrogens (primary N) is 2. The molecule has 0 aliphatic carbocycles. The Labute approximate surface area is 61.2 Å². The third-order valence-corrected chi connectivity index (χ3v) is 0.544. The summed E-state index contributed by atoms with van der Waals surface area (Å²) in [6, 6.07) is 0. The smallest absolute Gasteiger partial charge is 0.0784 e. The van der Waals surface area contributed by atoms with E-state index < -0.39 is 6.10 Å². The highest BCUT2D eigenvalue weighted by Gasteiger charge is 1.91. The minimum atomic E-state index is -0.509. The molecule has 0 aliphatic heterocycles. The standard InChI is InChI=1S/C3H10N2O.2ClH/c4-1-3(6)2-5;;/h3,6H,1-2,4-5H2;2*1H. The molecular formula is C3H12Cl2N2O. The summed E-state index contributed by atoms with van der Waals surface area (Å²) in [7, 11) is 0. The molecule has 3 nitrogen and oxygen atoms in total. The van der Waals surface area contributed by atoms with Gasteiger partial charge in [-0.15, -0.1) is 24.8 Å². The molecule has 0 atom stereocenters. The van der Waals surface area contributed by atoms with E-state index in [0.717, 1.165) is 0 Å². The SMILES string of the molecule is Cl.Cl.NCC(O)CN. The Morgan fingerprint density at radius 3 is 1.38 bits per heavy atom. The molecule has 0 fully saturated rings. The van der Waals surface area contributed by atoms with Gasteiger partial charge in [0.25, 0.3) is 0 Å². The summed E-state index contributed by atoms with van der Waals surface area (Å²) in [5, 5.41) is 8.42. The Balaban J connectivity index is -0.000000125. The molecule has 8 heavy (non-hydrogen) atoms. The first-order chi connectivity index (χ1) is 2.81. The quantitative estimate of drug-likeness (QED) is 0.494. The highest BCUT2D eigenvalue weighted by atomic mass is 35.5. The third kappa shape index (κ3) is 9.68. The number of rotatable bonds is 2. The van der Waals surface area contributed by atoms with E-state index in [2.05, 4.69) is 0 Å². The van der Waals surface area contributed by atoms with E-state index in [1.54, 1.807) is 0 Å². The molecule has 0 spiro atoms. The second-order valence-corrected chi connectivity index (χ2v) is 1.13. The molecule has 0 unspecified atom stereocenters. The first-order valence-electron chi connectivity index (χ1n) is 1.89. The van der Waals surface area contributed by atoms with E-state index >= 15 is 0 Å². The first kappa shape index (κ1) is 15.8. The van der Waals surface area contributed by atoms with E-state index in [9.17, 15) is 0 Å². The molecule has 0 aromatic carbocycles. The molecule has 0 heterocycles. The van der Waals surface area contributed by atoms with E-state index in [1.165, 1.54) is 0 Å². The Kier molecular flexibility index (Phi) is 20.6. The second-order valence-electron chi connectivity index (χ2n) is 1.13. The van der Waals surface area contributed by atoms with Crippen molar-refractivity contribution in [3.05, 3.63) is 0 Å². The van der Waals surface area contributed by atoms with Gasteiger partial charge in [0.2, 0.25) is 0 Å². The van der Waals surface area contributed by atoms with Crippen LogP contribution in [0, 0.1) is 0 Å². The minimum Gasteiger partial charge on any atom is -0.390 e. The van der Waals surface area contributed by atoms with Gasteiger partial charge in [-0.05, 0) is 0 Å². The lowest BCUT2D eigenvalue weighted by atomic mass is 10.4. The van der Waals surface area contributed by atoms with Crippen LogP contribution in [-0.4, -0.2) is 24.3 Å². The normalized spacial score (nSPS) is 7.50. The predicted molar refractivity (Wildman–Crippen MR) is 38.6 cm³/mol. The summed E-state index contributed by atoms with van der Waals surface area (Å²) < 4.78 is 0. The molecule has 0 aliphatic rings. The summed E-state index contributed by atoms with van der Waals surface area (Å²) in [5.41, 5.74) is 9.91. The van der Waals surface area contributed by atoms with Crippen molar-refractivity contribution in [3.8, 4) is 0 Å². The number of aliphatic hydroxyl groups is 1. The van der Waals surface area contributed by atoms with Crippen LogP contribution in [0.3, 0.4) is 0 Å². The summed E-state index contributed by atoms with van der Waals surface area (Å²) in [6.07, 6.45) is -0.509. The highest BCUT2D eigenvalue weighted by Crippen LogP contribution is 1.66. The van der Waals surface area contributed by atoms with Gasteiger partial charge in [0.1, 0.15) is 0 Å². The van der Waals surface area contributed by atoms with Crippen LogP contribution in [0.1, 0.15) is 0 Å². The van der Waals surface area contributed by atoms with E-state index in [-0.39, 0.29) is 37.9 Å². The van der Waals surface area contributed by atoms with Crippen LogP contribution < -0.4 is 11.5 Å². The average molecular weight is 163 g/mol. The van der Waals surface area contributed by atoms with Crippen molar-refractivity contribution in [2.24, 2.45) is 11.5 Å². The molecule has 0 rings (SSSR count). The zero-order valence-electron chi connectivity index (χ0n) is 4.41. The van der Waals surface area contributed by atoms with Gasteiger partial charge in [-0.1, -0.05) is 0 Å². The van der Waals surface area contributed by atoms with E-state index in [0.29, 0.717) is 0 Å². The first-order valence-corrected chi connectivity index (χ1v) is 1.89. The lowest BCUT2D eigenvalue weighted by molar-refractivity contribution is 0.191. The zero-order valence-corrected chi connectivity index (χ0v) is 6.04. The lowest BCUT2D eigenvalue weighted by Gasteiger charge is -1.98. The molecule has 0 bridgehead atoms. The average Bonchev–Trinajstić information content (AvgIpc) is 1.65. The summed E-state index contributed by atoms with van der Waals surface area (Å²) >= 11 is 0. The molecule has 0 aromatic heterocycles. The van der Waals surface area contributed by atoms with Crippen LogP contribution in [0.15, 0.2) is 0 Å². The Morgan fingerprint density at radius 2 is 1.38 bits per heavy atom. The molecule has 0 aromatic rings. The number of halogens is 2. The summed E-state index contributed by atoms with van der Waals surface area (Å²) in [6.45, 7) is 0.521. The van der Waals surface area contributed by atoms with Crippen molar-refractivity contribution in [2.75, 3.05) is 13.1 Å². The number of hydrogen-bond acceptors (Lipinski definition) is 3. The van der Waals surface area contributed by atoms with Crippen LogP contribution in [0.4, 0.5) is 0 Å². The van der Waals surface area contributed by atoms with Crippen LogP contribution in [0.25, 0.3) is 0 Å². The predicted octanol–water partition coefficient (Wildman–Crippen LogP) is -0.892. The third-order valence-electron chi connectivity index (χ3n) is 0.544. The molecule has 0 radical (unpaired) electrons. The molecule has 0 amide bonds. The maximum absolute atomic E-state index is 8.42. The zero-order chi connectivity index (χ0) is 4.99. The fourth-order valence-corrected chi connectivity index (χ4v) is 0.0962. The minimum absolute atomic E-state index is 0. The van der Waals surface area contributed by atoms with E-state index in [4.69, 9.17) is 16.6 Å². The van der Waals surface area contributed by atoms with Gasteiger partial charge in [0, 0.05) is 13.1 Å². The van der Waals surface area contributed by atoms with Crippen molar-refractivity contribution in [2.45, 2.75) is 6.10 Å². The number of aliphatic hydroxyl groups excluding tert-OH is 1. The Bertz CT molecular complexity index is 34.5. The van der Waals surface area contributed by atoms with Crippen molar-refractivity contribution < 1.29 is 5.11 Å². The van der Waals surface area contributed by atoms with Crippen molar-refractivity contribution in [3.63, 3.8) is 0 Å². The molecule has 5 N–H and O–H groups in total. The van der Waals surface area contributed by atoms with E-state index in [1.807, 2.05) is 0 Å². The van der Waals surface area contributed by atoms with Crippen LogP contribution in [-0.2, 0) is 0 Å². The molecule has 54 valence electrons. The monoisotopic (exact) mass is 162 g/mol.